The molecule has 0 saturated heterocycles. The maximum absolute atomic E-state index is 13.2. The fourth-order valence-corrected chi connectivity index (χ4v) is 3.69. The molecule has 1 saturated carbocycles. The van der Waals surface area contributed by atoms with Crippen LogP contribution in [-0.2, 0) is 10.2 Å². The molecule has 2 aromatic rings. The molecular formula is C22H24N2O2. The van der Waals surface area contributed by atoms with Crippen molar-refractivity contribution in [3.63, 3.8) is 0 Å². The zero-order valence-electron chi connectivity index (χ0n) is 15.3. The zero-order chi connectivity index (χ0) is 18.6. The molecule has 0 aliphatic heterocycles. The molecular weight excluding hydrogens is 324 g/mol. The largest absolute Gasteiger partial charge is 0.490 e. The number of nitriles is 1. The van der Waals surface area contributed by atoms with Crippen molar-refractivity contribution in [3.05, 3.63) is 59.7 Å². The minimum Gasteiger partial charge on any atom is -0.490 e. The molecule has 3 rings (SSSR count). The summed E-state index contributed by atoms with van der Waals surface area (Å²) in [5.74, 6) is 0.543. The lowest BCUT2D eigenvalue weighted by Crippen LogP contribution is -2.37. The second kappa shape index (κ2) is 7.61. The van der Waals surface area contributed by atoms with Crippen LogP contribution in [0, 0.1) is 11.3 Å². The molecule has 0 radical (unpaired) electrons. The highest BCUT2D eigenvalue weighted by atomic mass is 16.5. The van der Waals surface area contributed by atoms with E-state index in [4.69, 9.17) is 4.74 Å². The molecule has 4 nitrogen and oxygen atoms in total. The van der Waals surface area contributed by atoms with Crippen LogP contribution in [0.1, 0.15) is 50.7 Å². The number of hydrogen-bond acceptors (Lipinski definition) is 3. The molecule has 1 fully saturated rings. The standard InChI is InChI=1S/C22H24N2O2/c1-16(2)26-20-11-10-19(14-17(20)15-23)24-21(25)22(12-6-7-13-22)18-8-4-3-5-9-18/h3-5,8-11,14,16H,6-7,12-13H2,1-2H3,(H,24,25). The van der Waals surface area contributed by atoms with Crippen LogP contribution in [0.4, 0.5) is 5.69 Å². The molecule has 0 aromatic heterocycles. The first-order valence-electron chi connectivity index (χ1n) is 9.13. The van der Waals surface area contributed by atoms with Crippen molar-refractivity contribution in [2.24, 2.45) is 0 Å². The van der Waals surface area contributed by atoms with E-state index in [0.717, 1.165) is 31.2 Å². The van der Waals surface area contributed by atoms with Gasteiger partial charge in [-0.1, -0.05) is 43.2 Å². The van der Waals surface area contributed by atoms with Gasteiger partial charge in [-0.25, -0.2) is 0 Å². The van der Waals surface area contributed by atoms with Crippen molar-refractivity contribution in [2.75, 3.05) is 5.32 Å². The van der Waals surface area contributed by atoms with E-state index in [1.165, 1.54) is 0 Å². The molecule has 1 N–H and O–H groups in total. The molecule has 0 spiro atoms. The third-order valence-electron chi connectivity index (χ3n) is 4.94. The van der Waals surface area contributed by atoms with Crippen LogP contribution >= 0.6 is 0 Å². The van der Waals surface area contributed by atoms with Crippen molar-refractivity contribution in [1.29, 1.82) is 5.26 Å². The van der Waals surface area contributed by atoms with Crippen molar-refractivity contribution in [3.8, 4) is 11.8 Å². The Hall–Kier alpha value is -2.80. The van der Waals surface area contributed by atoms with E-state index in [2.05, 4.69) is 11.4 Å². The van der Waals surface area contributed by atoms with Crippen molar-refractivity contribution in [1.82, 2.24) is 0 Å². The monoisotopic (exact) mass is 348 g/mol. The average Bonchev–Trinajstić information content (AvgIpc) is 3.14. The number of amides is 1. The third-order valence-corrected chi connectivity index (χ3v) is 4.94. The molecule has 0 atom stereocenters. The van der Waals surface area contributed by atoms with Gasteiger partial charge in [-0.2, -0.15) is 5.26 Å². The second-order valence-corrected chi connectivity index (χ2v) is 7.10. The number of ether oxygens (including phenoxy) is 1. The van der Waals surface area contributed by atoms with Gasteiger partial charge in [0, 0.05) is 5.69 Å². The normalized spacial score (nSPS) is 15.5. The Kier molecular flexibility index (Phi) is 5.27. The maximum Gasteiger partial charge on any atom is 0.235 e. The lowest BCUT2D eigenvalue weighted by molar-refractivity contribution is -0.121. The fraction of sp³-hybridized carbons (Fsp3) is 0.364. The van der Waals surface area contributed by atoms with Gasteiger partial charge in [-0.3, -0.25) is 4.79 Å². The summed E-state index contributed by atoms with van der Waals surface area (Å²) in [7, 11) is 0. The highest BCUT2D eigenvalue weighted by Crippen LogP contribution is 2.42. The molecule has 134 valence electrons. The number of carbonyl (C=O) groups excluding carboxylic acids is 1. The Labute approximate surface area is 154 Å². The molecule has 2 aromatic carbocycles. The van der Waals surface area contributed by atoms with Gasteiger partial charge in [0.2, 0.25) is 5.91 Å². The van der Waals surface area contributed by atoms with Crippen LogP contribution in [0.2, 0.25) is 0 Å². The van der Waals surface area contributed by atoms with Gasteiger partial charge < -0.3 is 10.1 Å². The predicted molar refractivity (Wildman–Crippen MR) is 102 cm³/mol. The van der Waals surface area contributed by atoms with E-state index in [-0.39, 0.29) is 12.0 Å². The summed E-state index contributed by atoms with van der Waals surface area (Å²) >= 11 is 0. The van der Waals surface area contributed by atoms with Crippen LogP contribution in [-0.4, -0.2) is 12.0 Å². The first-order chi connectivity index (χ1) is 12.5. The van der Waals surface area contributed by atoms with Gasteiger partial charge >= 0.3 is 0 Å². The molecule has 0 unspecified atom stereocenters. The van der Waals surface area contributed by atoms with E-state index >= 15 is 0 Å². The Morgan fingerprint density at radius 1 is 1.15 bits per heavy atom. The number of hydrogen-bond donors (Lipinski definition) is 1. The van der Waals surface area contributed by atoms with Crippen molar-refractivity contribution >= 4 is 11.6 Å². The number of nitrogens with zero attached hydrogens (tertiary/aromatic N) is 1. The number of anilines is 1. The first-order valence-corrected chi connectivity index (χ1v) is 9.13. The summed E-state index contributed by atoms with van der Waals surface area (Å²) in [6.45, 7) is 3.83. The Morgan fingerprint density at radius 3 is 2.46 bits per heavy atom. The quantitative estimate of drug-likeness (QED) is 0.844. The van der Waals surface area contributed by atoms with Gasteiger partial charge in [0.25, 0.3) is 0 Å². The van der Waals surface area contributed by atoms with Crippen LogP contribution < -0.4 is 10.1 Å². The molecule has 0 bridgehead atoms. The van der Waals surface area contributed by atoms with Crippen LogP contribution in [0.5, 0.6) is 5.75 Å². The Morgan fingerprint density at radius 2 is 1.85 bits per heavy atom. The van der Waals surface area contributed by atoms with E-state index in [0.29, 0.717) is 17.0 Å². The lowest BCUT2D eigenvalue weighted by Gasteiger charge is -2.28. The van der Waals surface area contributed by atoms with Crippen LogP contribution in [0.3, 0.4) is 0 Å². The van der Waals surface area contributed by atoms with Gasteiger partial charge in [0.1, 0.15) is 11.8 Å². The van der Waals surface area contributed by atoms with Gasteiger partial charge in [-0.15, -0.1) is 0 Å². The van der Waals surface area contributed by atoms with Crippen LogP contribution in [0.25, 0.3) is 0 Å². The lowest BCUT2D eigenvalue weighted by atomic mass is 9.78. The summed E-state index contributed by atoms with van der Waals surface area (Å²) in [6.07, 6.45) is 3.78. The molecule has 1 amide bonds. The number of carbonyl (C=O) groups is 1. The van der Waals surface area contributed by atoms with E-state index in [9.17, 15) is 10.1 Å². The van der Waals surface area contributed by atoms with E-state index in [1.807, 2.05) is 44.2 Å². The first kappa shape index (κ1) is 18.0. The number of rotatable bonds is 5. The summed E-state index contributed by atoms with van der Waals surface area (Å²) in [5, 5.41) is 12.4. The highest BCUT2D eigenvalue weighted by Gasteiger charge is 2.42. The van der Waals surface area contributed by atoms with Gasteiger partial charge in [0.05, 0.1) is 17.1 Å². The van der Waals surface area contributed by atoms with Crippen molar-refractivity contribution in [2.45, 2.75) is 51.0 Å². The fourth-order valence-electron chi connectivity index (χ4n) is 3.69. The minimum atomic E-state index is -0.485. The van der Waals surface area contributed by atoms with E-state index < -0.39 is 5.41 Å². The summed E-state index contributed by atoms with van der Waals surface area (Å²) < 4.78 is 5.65. The summed E-state index contributed by atoms with van der Waals surface area (Å²) in [4.78, 5) is 13.2. The predicted octanol–water partition coefficient (Wildman–Crippen LogP) is 4.80. The number of benzene rings is 2. The highest BCUT2D eigenvalue weighted by molar-refractivity contribution is 5.99. The maximum atomic E-state index is 13.2. The smallest absolute Gasteiger partial charge is 0.235 e. The molecule has 1 aliphatic rings. The summed E-state index contributed by atoms with van der Waals surface area (Å²) in [5.41, 5.74) is 1.64. The Bertz CT molecular complexity index is 816. The molecule has 26 heavy (non-hydrogen) atoms. The Balaban J connectivity index is 1.86. The van der Waals surface area contributed by atoms with Gasteiger partial charge in [-0.05, 0) is 50.5 Å². The van der Waals surface area contributed by atoms with Crippen molar-refractivity contribution < 1.29 is 9.53 Å². The zero-order valence-corrected chi connectivity index (χ0v) is 15.3. The topological polar surface area (TPSA) is 62.1 Å². The average molecular weight is 348 g/mol. The molecule has 4 heteroatoms. The van der Waals surface area contributed by atoms with Gasteiger partial charge in [0.15, 0.2) is 0 Å². The third kappa shape index (κ3) is 3.57. The second-order valence-electron chi connectivity index (χ2n) is 7.10. The summed E-state index contributed by atoms with van der Waals surface area (Å²) in [6, 6.07) is 17.4. The minimum absolute atomic E-state index is 0.00242. The number of nitrogens with one attached hydrogen (secondary N) is 1. The molecule has 0 heterocycles. The van der Waals surface area contributed by atoms with E-state index in [1.54, 1.807) is 18.2 Å². The molecule has 1 aliphatic carbocycles. The SMILES string of the molecule is CC(C)Oc1ccc(NC(=O)C2(c3ccccc3)CCCC2)cc1C#N. The van der Waals surface area contributed by atoms with Crippen LogP contribution in [0.15, 0.2) is 48.5 Å².